The Kier molecular flexibility index (Phi) is 5.67. The van der Waals surface area contributed by atoms with Crippen molar-refractivity contribution in [2.75, 3.05) is 13.2 Å². The van der Waals surface area contributed by atoms with Crippen molar-refractivity contribution in [3.8, 4) is 0 Å². The van der Waals surface area contributed by atoms with Crippen molar-refractivity contribution in [3.05, 3.63) is 39.3 Å². The van der Waals surface area contributed by atoms with Crippen molar-refractivity contribution in [2.24, 2.45) is 0 Å². The van der Waals surface area contributed by atoms with Crippen LogP contribution in [-0.4, -0.2) is 43.8 Å². The maximum atomic E-state index is 12.7. The van der Waals surface area contributed by atoms with E-state index >= 15 is 0 Å². The van der Waals surface area contributed by atoms with Crippen molar-refractivity contribution >= 4 is 33.7 Å². The molecule has 0 spiro atoms. The van der Waals surface area contributed by atoms with Gasteiger partial charge >= 0.3 is 6.03 Å². The standard InChI is InChI=1S/C16H21N5O2S2/c1-11-4-5-13(25-11)8-20(6-3-7-22)15(23)18-12(2)14-9-21-16(19-14)24-10-17-21/h4-5,9-10,12,22H,3,6-8H2,1-2H3,(H,18,23)/t12-/m0/s1. The average Bonchev–Trinajstić information content (AvgIpc) is 3.26. The number of aryl methyl sites for hydroxylation is 1. The summed E-state index contributed by atoms with van der Waals surface area (Å²) in [5.74, 6) is 0. The molecule has 7 nitrogen and oxygen atoms in total. The lowest BCUT2D eigenvalue weighted by Gasteiger charge is -2.24. The van der Waals surface area contributed by atoms with Gasteiger partial charge in [-0.2, -0.15) is 5.10 Å². The number of nitrogens with zero attached hydrogens (tertiary/aromatic N) is 4. The summed E-state index contributed by atoms with van der Waals surface area (Å²) in [5.41, 5.74) is 2.51. The number of fused-ring (bicyclic) bond motifs is 1. The second-order valence-electron chi connectivity index (χ2n) is 5.81. The molecule has 1 atom stereocenters. The van der Waals surface area contributed by atoms with Crippen LogP contribution in [0.25, 0.3) is 4.96 Å². The number of carbonyl (C=O) groups is 1. The monoisotopic (exact) mass is 379 g/mol. The van der Waals surface area contributed by atoms with Gasteiger partial charge in [-0.15, -0.1) is 11.3 Å². The van der Waals surface area contributed by atoms with Gasteiger partial charge in [0.05, 0.1) is 24.5 Å². The molecule has 0 fully saturated rings. The summed E-state index contributed by atoms with van der Waals surface area (Å²) in [4.78, 5) is 22.1. The Labute approximate surface area is 153 Å². The first-order chi connectivity index (χ1) is 12.1. The van der Waals surface area contributed by atoms with Gasteiger partial charge in [-0.05, 0) is 32.4 Å². The molecule has 134 valence electrons. The number of aliphatic hydroxyl groups is 1. The summed E-state index contributed by atoms with van der Waals surface area (Å²) < 4.78 is 1.71. The lowest BCUT2D eigenvalue weighted by molar-refractivity contribution is 0.184. The number of nitrogens with one attached hydrogen (secondary N) is 1. The molecule has 25 heavy (non-hydrogen) atoms. The van der Waals surface area contributed by atoms with Gasteiger partial charge in [0.25, 0.3) is 0 Å². The first-order valence-electron chi connectivity index (χ1n) is 8.07. The van der Waals surface area contributed by atoms with E-state index in [0.29, 0.717) is 19.5 Å². The number of rotatable bonds is 7. The van der Waals surface area contributed by atoms with Crippen LogP contribution in [0.2, 0.25) is 0 Å². The third-order valence-corrected chi connectivity index (χ3v) is 5.48. The number of imidazole rings is 1. The van der Waals surface area contributed by atoms with Gasteiger partial charge < -0.3 is 15.3 Å². The number of thiophene rings is 1. The number of amides is 2. The van der Waals surface area contributed by atoms with Crippen molar-refractivity contribution in [1.82, 2.24) is 24.8 Å². The number of hydrogen-bond donors (Lipinski definition) is 2. The van der Waals surface area contributed by atoms with E-state index in [2.05, 4.69) is 21.5 Å². The van der Waals surface area contributed by atoms with E-state index in [9.17, 15) is 4.79 Å². The van der Waals surface area contributed by atoms with Gasteiger partial charge in [0.15, 0.2) is 0 Å². The molecule has 0 saturated carbocycles. The predicted molar refractivity (Wildman–Crippen MR) is 99.0 cm³/mol. The van der Waals surface area contributed by atoms with E-state index in [1.807, 2.05) is 26.1 Å². The Morgan fingerprint density at radius 2 is 2.32 bits per heavy atom. The van der Waals surface area contributed by atoms with Crippen LogP contribution in [-0.2, 0) is 6.54 Å². The summed E-state index contributed by atoms with van der Waals surface area (Å²) in [6.45, 7) is 5.06. The number of carbonyl (C=O) groups excluding carboxylic acids is 1. The van der Waals surface area contributed by atoms with Gasteiger partial charge in [-0.1, -0.05) is 11.3 Å². The predicted octanol–water partition coefficient (Wildman–Crippen LogP) is 2.82. The Bertz CT molecular complexity index is 812. The van der Waals surface area contributed by atoms with E-state index < -0.39 is 0 Å². The minimum Gasteiger partial charge on any atom is -0.396 e. The zero-order valence-corrected chi connectivity index (χ0v) is 15.8. The largest absolute Gasteiger partial charge is 0.396 e. The summed E-state index contributed by atoms with van der Waals surface area (Å²) in [6, 6.07) is 3.72. The van der Waals surface area contributed by atoms with Crippen molar-refractivity contribution in [1.29, 1.82) is 0 Å². The fraction of sp³-hybridized carbons (Fsp3) is 0.438. The molecule has 0 aliphatic rings. The molecule has 9 heteroatoms. The molecule has 3 rings (SSSR count). The molecule has 0 aromatic carbocycles. The highest BCUT2D eigenvalue weighted by Gasteiger charge is 2.19. The molecule has 2 amide bonds. The zero-order chi connectivity index (χ0) is 17.8. The topological polar surface area (TPSA) is 82.8 Å². The lowest BCUT2D eigenvalue weighted by atomic mass is 10.2. The molecular formula is C16H21N5O2S2. The van der Waals surface area contributed by atoms with Crippen LogP contribution in [0.15, 0.2) is 23.8 Å². The van der Waals surface area contributed by atoms with E-state index in [1.165, 1.54) is 16.2 Å². The van der Waals surface area contributed by atoms with Gasteiger partial charge in [0.2, 0.25) is 4.96 Å². The zero-order valence-electron chi connectivity index (χ0n) is 14.2. The quantitative estimate of drug-likeness (QED) is 0.661. The molecule has 3 heterocycles. The molecule has 0 radical (unpaired) electrons. The minimum absolute atomic E-state index is 0.0613. The van der Waals surface area contributed by atoms with E-state index in [-0.39, 0.29) is 18.7 Å². The molecule has 0 aliphatic carbocycles. The second kappa shape index (κ2) is 7.94. The summed E-state index contributed by atoms with van der Waals surface area (Å²) in [5, 5.41) is 16.3. The Hall–Kier alpha value is -1.97. The SMILES string of the molecule is Cc1ccc(CN(CCCO)C(=O)N[C@@H](C)c2cn3ncsc3n2)s1. The molecule has 2 N–H and O–H groups in total. The first kappa shape index (κ1) is 17.8. The molecule has 0 unspecified atom stereocenters. The van der Waals surface area contributed by atoms with Gasteiger partial charge in [0.1, 0.15) is 5.51 Å². The molecule has 0 saturated heterocycles. The Morgan fingerprint density at radius 3 is 3.00 bits per heavy atom. The molecular weight excluding hydrogens is 358 g/mol. The van der Waals surface area contributed by atoms with E-state index in [0.717, 1.165) is 15.5 Å². The van der Waals surface area contributed by atoms with Crippen LogP contribution in [0.5, 0.6) is 0 Å². The number of hydrogen-bond acceptors (Lipinski definition) is 6. The highest BCUT2D eigenvalue weighted by molar-refractivity contribution is 7.14. The maximum absolute atomic E-state index is 12.7. The number of urea groups is 1. The van der Waals surface area contributed by atoms with Gasteiger partial charge in [-0.25, -0.2) is 14.3 Å². The highest BCUT2D eigenvalue weighted by atomic mass is 32.1. The number of aliphatic hydroxyl groups excluding tert-OH is 1. The fourth-order valence-electron chi connectivity index (χ4n) is 2.49. The van der Waals surface area contributed by atoms with Crippen LogP contribution < -0.4 is 5.32 Å². The van der Waals surface area contributed by atoms with Crippen molar-refractivity contribution in [2.45, 2.75) is 32.9 Å². The highest BCUT2D eigenvalue weighted by Crippen LogP contribution is 2.19. The maximum Gasteiger partial charge on any atom is 0.318 e. The van der Waals surface area contributed by atoms with Gasteiger partial charge in [0, 0.05) is 22.9 Å². The summed E-state index contributed by atoms with van der Waals surface area (Å²) in [6.07, 6.45) is 2.38. The van der Waals surface area contributed by atoms with Crippen LogP contribution in [0.1, 0.15) is 34.8 Å². The van der Waals surface area contributed by atoms with Crippen LogP contribution in [0.4, 0.5) is 4.79 Å². The fourth-order valence-corrected chi connectivity index (χ4v) is 4.00. The summed E-state index contributed by atoms with van der Waals surface area (Å²) in [7, 11) is 0. The third-order valence-electron chi connectivity index (χ3n) is 3.80. The normalized spacial score (nSPS) is 12.4. The molecule has 3 aromatic rings. The smallest absolute Gasteiger partial charge is 0.318 e. The van der Waals surface area contributed by atoms with Gasteiger partial charge in [-0.3, -0.25) is 0 Å². The number of aromatic nitrogens is 3. The van der Waals surface area contributed by atoms with E-state index in [1.54, 1.807) is 26.3 Å². The average molecular weight is 380 g/mol. The molecule has 0 bridgehead atoms. The van der Waals surface area contributed by atoms with Crippen LogP contribution in [0, 0.1) is 6.92 Å². The Balaban J connectivity index is 1.66. The summed E-state index contributed by atoms with van der Waals surface area (Å²) >= 11 is 3.14. The Morgan fingerprint density at radius 1 is 1.48 bits per heavy atom. The lowest BCUT2D eigenvalue weighted by Crippen LogP contribution is -2.41. The first-order valence-corrected chi connectivity index (χ1v) is 9.77. The second-order valence-corrected chi connectivity index (χ2v) is 8.00. The minimum atomic E-state index is -0.219. The van der Waals surface area contributed by atoms with Crippen LogP contribution >= 0.6 is 22.7 Å². The van der Waals surface area contributed by atoms with E-state index in [4.69, 9.17) is 5.11 Å². The molecule has 0 aliphatic heterocycles. The van der Waals surface area contributed by atoms with Crippen molar-refractivity contribution in [3.63, 3.8) is 0 Å². The van der Waals surface area contributed by atoms with Crippen molar-refractivity contribution < 1.29 is 9.90 Å². The van der Waals surface area contributed by atoms with Crippen LogP contribution in [0.3, 0.4) is 0 Å². The third kappa shape index (κ3) is 4.36. The molecule has 3 aromatic heterocycles.